The molecule has 2 aliphatic rings. The largest absolute Gasteiger partial charge is 0.390 e. The van der Waals surface area contributed by atoms with Crippen molar-refractivity contribution in [3.05, 3.63) is 65.9 Å². The van der Waals surface area contributed by atoms with E-state index in [0.717, 1.165) is 52.6 Å². The number of pyridine rings is 1. The zero-order valence-corrected chi connectivity index (χ0v) is 20.9. The number of aryl methyl sites for hydroxylation is 2. The maximum Gasteiger partial charge on any atom is 0.145 e. The van der Waals surface area contributed by atoms with E-state index >= 15 is 0 Å². The van der Waals surface area contributed by atoms with Crippen molar-refractivity contribution in [2.24, 2.45) is 13.0 Å². The highest BCUT2D eigenvalue weighted by Crippen LogP contribution is 2.40. The highest BCUT2D eigenvalue weighted by atomic mass is 16.3. The molecule has 1 aliphatic heterocycles. The Kier molecular flexibility index (Phi) is 5.31. The van der Waals surface area contributed by atoms with Gasteiger partial charge in [-0.3, -0.25) is 4.68 Å². The number of nitrogens with zero attached hydrogens (tertiary/aromatic N) is 7. The van der Waals surface area contributed by atoms with E-state index in [-0.39, 0.29) is 18.0 Å². The van der Waals surface area contributed by atoms with Gasteiger partial charge in [-0.15, -0.1) is 5.10 Å². The third-order valence-corrected chi connectivity index (χ3v) is 8.15. The number of benzene rings is 1. The van der Waals surface area contributed by atoms with Crippen LogP contribution in [0.15, 0.2) is 49.1 Å². The molecule has 0 saturated heterocycles. The molecule has 0 amide bonds. The lowest BCUT2D eigenvalue weighted by atomic mass is 9.95. The molecule has 1 fully saturated rings. The van der Waals surface area contributed by atoms with Gasteiger partial charge < -0.3 is 25.8 Å². The Morgan fingerprint density at radius 3 is 2.87 bits per heavy atom. The minimum atomic E-state index is -0.874. The maximum atomic E-state index is 10.9. The van der Waals surface area contributed by atoms with Crippen LogP contribution >= 0.6 is 0 Å². The number of nitrogens with two attached hydrogens (primary N) is 1. The standard InChI is InChI=1S/C27H29N9O2/c1-35-12-21(33-34-35)20-10-17-9-15-4-2-14(8-19(15)31-26(17)32-20)3-5-16-11-22(24(38)23(16)37)36-7-6-18-25(28)29-13-30-27(18)36/h2,4,6-9,12-13,16,20,22-24,37-38H,3,5,10-11H2,1H3,(H,31,32)(H2,28,29,30)/t16-,20?,22+,23+,24-/m0/s1. The normalized spacial score (nSPS) is 24.8. The van der Waals surface area contributed by atoms with E-state index in [1.54, 1.807) is 4.68 Å². The van der Waals surface area contributed by atoms with Crippen LogP contribution in [0.3, 0.4) is 0 Å². The molecule has 7 rings (SSSR count). The second-order valence-electron chi connectivity index (χ2n) is 10.5. The van der Waals surface area contributed by atoms with Crippen LogP contribution in [0.4, 0.5) is 11.6 Å². The number of nitrogen functional groups attached to an aromatic ring is 1. The quantitative estimate of drug-likeness (QED) is 0.278. The van der Waals surface area contributed by atoms with Gasteiger partial charge in [-0.05, 0) is 54.5 Å². The zero-order chi connectivity index (χ0) is 26.0. The zero-order valence-electron chi connectivity index (χ0n) is 20.9. The van der Waals surface area contributed by atoms with Gasteiger partial charge in [0, 0.05) is 25.1 Å². The van der Waals surface area contributed by atoms with Gasteiger partial charge in [-0.1, -0.05) is 17.3 Å². The molecule has 1 aromatic carbocycles. The van der Waals surface area contributed by atoms with Gasteiger partial charge in [-0.25, -0.2) is 15.0 Å². The van der Waals surface area contributed by atoms with E-state index < -0.39 is 12.2 Å². The fraction of sp³-hybridized carbons (Fsp3) is 0.370. The second-order valence-corrected chi connectivity index (χ2v) is 10.5. The molecule has 5 aromatic rings. The van der Waals surface area contributed by atoms with Gasteiger partial charge in [0.15, 0.2) is 0 Å². The van der Waals surface area contributed by atoms with Crippen molar-refractivity contribution in [3.63, 3.8) is 0 Å². The first-order chi connectivity index (χ1) is 18.4. The lowest BCUT2D eigenvalue weighted by molar-refractivity contribution is 0.00545. The minimum absolute atomic E-state index is 0.0373. The van der Waals surface area contributed by atoms with Gasteiger partial charge >= 0.3 is 0 Å². The summed E-state index contributed by atoms with van der Waals surface area (Å²) in [7, 11) is 1.87. The highest BCUT2D eigenvalue weighted by molar-refractivity contribution is 5.86. The summed E-state index contributed by atoms with van der Waals surface area (Å²) in [5.74, 6) is 1.27. The number of aromatic nitrogens is 7. The predicted molar refractivity (Wildman–Crippen MR) is 142 cm³/mol. The van der Waals surface area contributed by atoms with E-state index in [1.165, 1.54) is 11.9 Å². The van der Waals surface area contributed by atoms with Crippen molar-refractivity contribution in [2.45, 2.75) is 50.0 Å². The lowest BCUT2D eigenvalue weighted by Crippen LogP contribution is -2.29. The Morgan fingerprint density at radius 2 is 2.03 bits per heavy atom. The summed E-state index contributed by atoms with van der Waals surface area (Å²) in [5, 5.41) is 35.4. The maximum absolute atomic E-state index is 10.9. The monoisotopic (exact) mass is 511 g/mol. The number of fused-ring (bicyclic) bond motifs is 3. The Bertz CT molecular complexity index is 1660. The SMILES string of the molecule is Cn1cc(C2Cc3cc4ccc(CC[C@H]5C[C@@H](n6ccc7c(N)ncnc76)[C@H](O)[C@@H]5O)cc4nc3N2)nn1. The smallest absolute Gasteiger partial charge is 0.145 e. The van der Waals surface area contributed by atoms with Gasteiger partial charge in [0.25, 0.3) is 0 Å². The number of hydrogen-bond donors (Lipinski definition) is 4. The van der Waals surface area contributed by atoms with Crippen LogP contribution < -0.4 is 11.1 Å². The third kappa shape index (κ3) is 3.77. The second kappa shape index (κ2) is 8.74. The molecule has 1 saturated carbocycles. The molecular formula is C27H29N9O2. The fourth-order valence-corrected chi connectivity index (χ4v) is 6.10. The van der Waals surface area contributed by atoms with Crippen molar-refractivity contribution >= 4 is 33.6 Å². The molecular weight excluding hydrogens is 482 g/mol. The van der Waals surface area contributed by atoms with E-state index in [4.69, 9.17) is 10.7 Å². The molecule has 1 aliphatic carbocycles. The van der Waals surface area contributed by atoms with Gasteiger partial charge in [-0.2, -0.15) is 0 Å². The Hall–Kier alpha value is -4.09. The summed E-state index contributed by atoms with van der Waals surface area (Å²) in [4.78, 5) is 13.3. The number of aliphatic hydroxyl groups excluding tert-OH is 2. The Morgan fingerprint density at radius 1 is 1.13 bits per heavy atom. The van der Waals surface area contributed by atoms with E-state index in [9.17, 15) is 10.2 Å². The molecule has 38 heavy (non-hydrogen) atoms. The van der Waals surface area contributed by atoms with E-state index in [2.05, 4.69) is 49.9 Å². The van der Waals surface area contributed by atoms with Crippen molar-refractivity contribution in [3.8, 4) is 0 Å². The summed E-state index contributed by atoms with van der Waals surface area (Å²) < 4.78 is 3.63. The third-order valence-electron chi connectivity index (χ3n) is 8.15. The molecule has 194 valence electrons. The van der Waals surface area contributed by atoms with Crippen LogP contribution in [-0.2, 0) is 19.9 Å². The molecule has 5 atom stereocenters. The fourth-order valence-electron chi connectivity index (χ4n) is 6.10. The average molecular weight is 512 g/mol. The topological polar surface area (TPSA) is 153 Å². The summed E-state index contributed by atoms with van der Waals surface area (Å²) in [5.41, 5.74) is 10.8. The van der Waals surface area contributed by atoms with Gasteiger partial charge in [0.2, 0.25) is 0 Å². The first-order valence-corrected chi connectivity index (χ1v) is 12.9. The van der Waals surface area contributed by atoms with E-state index in [0.29, 0.717) is 17.9 Å². The summed E-state index contributed by atoms with van der Waals surface area (Å²) in [6, 6.07) is 10.2. The van der Waals surface area contributed by atoms with Crippen molar-refractivity contribution in [1.82, 2.24) is 34.5 Å². The molecule has 4 aromatic heterocycles. The van der Waals surface area contributed by atoms with Crippen LogP contribution in [0, 0.1) is 5.92 Å². The molecule has 0 spiro atoms. The first kappa shape index (κ1) is 23.1. The number of anilines is 2. The van der Waals surface area contributed by atoms with Gasteiger partial charge in [0.1, 0.15) is 35.4 Å². The number of hydrogen-bond acceptors (Lipinski definition) is 9. The van der Waals surface area contributed by atoms with Gasteiger partial charge in [0.05, 0.1) is 35.3 Å². The number of rotatable bonds is 5. The molecule has 0 radical (unpaired) electrons. The highest BCUT2D eigenvalue weighted by Gasteiger charge is 2.42. The van der Waals surface area contributed by atoms with Crippen LogP contribution in [0.5, 0.6) is 0 Å². The van der Waals surface area contributed by atoms with Crippen LogP contribution in [0.25, 0.3) is 21.9 Å². The molecule has 1 unspecified atom stereocenters. The van der Waals surface area contributed by atoms with Crippen molar-refractivity contribution < 1.29 is 10.2 Å². The Balaban J connectivity index is 1.07. The van der Waals surface area contributed by atoms with E-state index in [1.807, 2.05) is 30.1 Å². The molecule has 0 bridgehead atoms. The molecule has 11 nitrogen and oxygen atoms in total. The van der Waals surface area contributed by atoms with Crippen LogP contribution in [0.2, 0.25) is 0 Å². The van der Waals surface area contributed by atoms with Crippen LogP contribution in [0.1, 0.15) is 41.7 Å². The lowest BCUT2D eigenvalue weighted by Gasteiger charge is -2.19. The minimum Gasteiger partial charge on any atom is -0.390 e. The van der Waals surface area contributed by atoms with Crippen molar-refractivity contribution in [2.75, 3.05) is 11.1 Å². The first-order valence-electron chi connectivity index (χ1n) is 12.9. The van der Waals surface area contributed by atoms with Crippen molar-refractivity contribution in [1.29, 1.82) is 0 Å². The Labute approximate surface area is 218 Å². The molecule has 5 N–H and O–H groups in total. The average Bonchev–Trinajstić information content (AvgIpc) is 3.69. The molecule has 5 heterocycles. The number of aliphatic hydroxyl groups is 2. The summed E-state index contributed by atoms with van der Waals surface area (Å²) >= 11 is 0. The molecule has 11 heteroatoms. The summed E-state index contributed by atoms with van der Waals surface area (Å²) in [6.45, 7) is 0. The summed E-state index contributed by atoms with van der Waals surface area (Å²) in [6.07, 6.45) is 6.58. The van der Waals surface area contributed by atoms with Crippen LogP contribution in [-0.4, -0.2) is 56.9 Å². The predicted octanol–water partition coefficient (Wildman–Crippen LogP) is 2.32. The number of nitrogens with one attached hydrogen (secondary N) is 1.